The van der Waals surface area contributed by atoms with Crippen molar-refractivity contribution in [1.82, 2.24) is 0 Å². The van der Waals surface area contributed by atoms with Crippen LogP contribution in [-0.2, 0) is 0 Å². The van der Waals surface area contributed by atoms with Crippen LogP contribution in [-0.4, -0.2) is 25.8 Å². The van der Waals surface area contributed by atoms with Crippen LogP contribution < -0.4 is 9.64 Å². The average Bonchev–Trinajstić information content (AvgIpc) is 2.26. The number of anilines is 1. The summed E-state index contributed by atoms with van der Waals surface area (Å²) in [7, 11) is 3.60. The molecule has 0 heterocycles. The molecule has 0 aliphatic carbocycles. The molecule has 0 aromatic heterocycles. The Bertz CT molecular complexity index is 399. The van der Waals surface area contributed by atoms with Crippen molar-refractivity contribution in [2.24, 2.45) is 0 Å². The van der Waals surface area contributed by atoms with Gasteiger partial charge in [-0.25, -0.2) is 0 Å². The van der Waals surface area contributed by atoms with Gasteiger partial charge >= 0.3 is 0 Å². The van der Waals surface area contributed by atoms with Gasteiger partial charge in [-0.1, -0.05) is 18.2 Å². The highest BCUT2D eigenvalue weighted by Crippen LogP contribution is 2.34. The molecule has 1 aromatic rings. The Hall–Kier alpha value is -1.48. The lowest BCUT2D eigenvalue weighted by Gasteiger charge is -2.25. The topological polar surface area (TPSA) is 32.7 Å². The average molecular weight is 235 g/mol. The van der Waals surface area contributed by atoms with E-state index >= 15 is 0 Å². The predicted octanol–water partition coefficient (Wildman–Crippen LogP) is 2.76. The van der Waals surface area contributed by atoms with Crippen molar-refractivity contribution >= 4 is 5.69 Å². The molecule has 0 aliphatic rings. The van der Waals surface area contributed by atoms with Gasteiger partial charge in [-0.3, -0.25) is 0 Å². The van der Waals surface area contributed by atoms with Crippen molar-refractivity contribution in [3.8, 4) is 5.75 Å². The summed E-state index contributed by atoms with van der Waals surface area (Å²) in [4.78, 5) is 2.06. The number of benzene rings is 1. The molecule has 0 spiro atoms. The normalized spacial score (nSPS) is 12.1. The lowest BCUT2D eigenvalue weighted by atomic mass is 10.1. The van der Waals surface area contributed by atoms with Gasteiger partial charge in [-0.15, -0.1) is 0 Å². The van der Waals surface area contributed by atoms with E-state index in [9.17, 15) is 5.11 Å². The SMILES string of the molecule is C=C(C)CN(C)c1cccc(OC)c1C(C)O. The standard InChI is InChI=1S/C14H21NO2/c1-10(2)9-15(4)12-7-6-8-13(17-5)14(12)11(3)16/h6-8,11,16H,1,9H2,2-5H3. The summed E-state index contributed by atoms with van der Waals surface area (Å²) >= 11 is 0. The molecule has 3 nitrogen and oxygen atoms in total. The third-order valence-corrected chi connectivity index (χ3v) is 2.60. The molecule has 0 saturated carbocycles. The van der Waals surface area contributed by atoms with E-state index in [4.69, 9.17) is 4.74 Å². The predicted molar refractivity (Wildman–Crippen MR) is 71.7 cm³/mol. The van der Waals surface area contributed by atoms with Crippen LogP contribution in [0.4, 0.5) is 5.69 Å². The fourth-order valence-corrected chi connectivity index (χ4v) is 1.95. The zero-order valence-corrected chi connectivity index (χ0v) is 11.0. The molecule has 0 saturated heterocycles. The first kappa shape index (κ1) is 13.6. The Morgan fingerprint density at radius 1 is 1.53 bits per heavy atom. The lowest BCUT2D eigenvalue weighted by molar-refractivity contribution is 0.194. The van der Waals surface area contributed by atoms with Crippen molar-refractivity contribution < 1.29 is 9.84 Å². The largest absolute Gasteiger partial charge is 0.496 e. The van der Waals surface area contributed by atoms with Crippen LogP contribution in [0.2, 0.25) is 0 Å². The summed E-state index contributed by atoms with van der Waals surface area (Å²) in [6, 6.07) is 5.77. The molecule has 17 heavy (non-hydrogen) atoms. The number of hydrogen-bond acceptors (Lipinski definition) is 3. The number of rotatable bonds is 5. The second kappa shape index (κ2) is 5.73. The van der Waals surface area contributed by atoms with Gasteiger partial charge in [0.25, 0.3) is 0 Å². The number of hydrogen-bond donors (Lipinski definition) is 1. The third-order valence-electron chi connectivity index (χ3n) is 2.60. The Balaban J connectivity index is 3.18. The molecule has 1 unspecified atom stereocenters. The molecule has 0 aliphatic heterocycles. The minimum absolute atomic E-state index is 0.561. The van der Waals surface area contributed by atoms with Gasteiger partial charge in [0.05, 0.1) is 13.2 Å². The van der Waals surface area contributed by atoms with Gasteiger partial charge in [0.1, 0.15) is 5.75 Å². The van der Waals surface area contributed by atoms with E-state index in [1.54, 1.807) is 14.0 Å². The van der Waals surface area contributed by atoms with Gasteiger partial charge in [-0.05, 0) is 26.0 Å². The fraction of sp³-hybridized carbons (Fsp3) is 0.429. The molecule has 1 N–H and O–H groups in total. The van der Waals surface area contributed by atoms with Gasteiger partial charge in [0.15, 0.2) is 0 Å². The van der Waals surface area contributed by atoms with Crippen molar-refractivity contribution in [1.29, 1.82) is 0 Å². The molecule has 94 valence electrons. The van der Waals surface area contributed by atoms with Crippen LogP contribution in [0.25, 0.3) is 0 Å². The molecule has 1 aromatic carbocycles. The quantitative estimate of drug-likeness (QED) is 0.797. The van der Waals surface area contributed by atoms with Crippen LogP contribution in [0, 0.1) is 0 Å². The highest BCUT2D eigenvalue weighted by Gasteiger charge is 2.16. The van der Waals surface area contributed by atoms with E-state index in [1.807, 2.05) is 32.2 Å². The Morgan fingerprint density at radius 3 is 2.65 bits per heavy atom. The van der Waals surface area contributed by atoms with Crippen LogP contribution >= 0.6 is 0 Å². The summed E-state index contributed by atoms with van der Waals surface area (Å²) in [6.07, 6.45) is -0.561. The molecule has 0 bridgehead atoms. The van der Waals surface area contributed by atoms with Gasteiger partial charge in [-0.2, -0.15) is 0 Å². The molecular weight excluding hydrogens is 214 g/mol. The maximum atomic E-state index is 9.87. The second-order valence-corrected chi connectivity index (χ2v) is 4.38. The molecular formula is C14H21NO2. The molecule has 0 amide bonds. The number of ether oxygens (including phenoxy) is 1. The minimum atomic E-state index is -0.561. The molecule has 0 fully saturated rings. The highest BCUT2D eigenvalue weighted by molar-refractivity contribution is 5.60. The van der Waals surface area contributed by atoms with E-state index in [2.05, 4.69) is 11.5 Å². The Labute approximate surface area is 103 Å². The maximum absolute atomic E-state index is 9.87. The van der Waals surface area contributed by atoms with Gasteiger partial charge in [0.2, 0.25) is 0 Å². The monoisotopic (exact) mass is 235 g/mol. The first-order valence-electron chi connectivity index (χ1n) is 5.67. The summed E-state index contributed by atoms with van der Waals surface area (Å²) < 4.78 is 5.29. The minimum Gasteiger partial charge on any atom is -0.496 e. The lowest BCUT2D eigenvalue weighted by Crippen LogP contribution is -2.21. The van der Waals surface area contributed by atoms with Crippen LogP contribution in [0.15, 0.2) is 30.4 Å². The number of methoxy groups -OCH3 is 1. The van der Waals surface area contributed by atoms with Crippen LogP contribution in [0.3, 0.4) is 0 Å². The molecule has 0 radical (unpaired) electrons. The fourth-order valence-electron chi connectivity index (χ4n) is 1.95. The number of aliphatic hydroxyl groups is 1. The summed E-state index contributed by atoms with van der Waals surface area (Å²) in [5.41, 5.74) is 2.87. The van der Waals surface area contributed by atoms with E-state index in [0.29, 0.717) is 5.75 Å². The van der Waals surface area contributed by atoms with Crippen LogP contribution in [0.1, 0.15) is 25.5 Å². The zero-order valence-electron chi connectivity index (χ0n) is 11.0. The number of likely N-dealkylation sites (N-methyl/N-ethyl adjacent to an activating group) is 1. The third kappa shape index (κ3) is 3.24. The van der Waals surface area contributed by atoms with Gasteiger partial charge < -0.3 is 14.7 Å². The molecule has 1 rings (SSSR count). The van der Waals surface area contributed by atoms with Crippen molar-refractivity contribution in [3.05, 3.63) is 35.9 Å². The van der Waals surface area contributed by atoms with E-state index in [0.717, 1.165) is 23.4 Å². The smallest absolute Gasteiger partial charge is 0.126 e. The van der Waals surface area contributed by atoms with Gasteiger partial charge in [0, 0.05) is 24.8 Å². The van der Waals surface area contributed by atoms with Crippen molar-refractivity contribution in [2.75, 3.05) is 25.6 Å². The van der Waals surface area contributed by atoms with E-state index < -0.39 is 6.10 Å². The van der Waals surface area contributed by atoms with Crippen molar-refractivity contribution in [2.45, 2.75) is 20.0 Å². The van der Waals surface area contributed by atoms with Crippen LogP contribution in [0.5, 0.6) is 5.75 Å². The summed E-state index contributed by atoms with van der Waals surface area (Å²) in [5, 5.41) is 9.87. The second-order valence-electron chi connectivity index (χ2n) is 4.38. The molecule has 1 atom stereocenters. The number of nitrogens with zero attached hydrogens (tertiary/aromatic N) is 1. The van der Waals surface area contributed by atoms with E-state index in [-0.39, 0.29) is 0 Å². The summed E-state index contributed by atoms with van der Waals surface area (Å²) in [5.74, 6) is 0.714. The Kier molecular flexibility index (Phi) is 4.58. The summed E-state index contributed by atoms with van der Waals surface area (Å²) in [6.45, 7) is 8.39. The van der Waals surface area contributed by atoms with E-state index in [1.165, 1.54) is 0 Å². The molecule has 3 heteroatoms. The maximum Gasteiger partial charge on any atom is 0.126 e. The first-order valence-corrected chi connectivity index (χ1v) is 5.67. The van der Waals surface area contributed by atoms with Crippen molar-refractivity contribution in [3.63, 3.8) is 0 Å². The number of aliphatic hydroxyl groups excluding tert-OH is 1. The highest BCUT2D eigenvalue weighted by atomic mass is 16.5. The zero-order chi connectivity index (χ0) is 13.0. The first-order chi connectivity index (χ1) is 7.97. The Morgan fingerprint density at radius 2 is 2.18 bits per heavy atom.